The first-order chi connectivity index (χ1) is 36.9. The Labute approximate surface area is 457 Å². The number of fused-ring (bicyclic) bond motifs is 2. The molecule has 0 bridgehead atoms. The van der Waals surface area contributed by atoms with E-state index in [-0.39, 0.29) is 97.5 Å². The number of nitrogens with one attached hydrogen (secondary N) is 2. The summed E-state index contributed by atoms with van der Waals surface area (Å²) < 4.78 is 135. The number of aryl methyl sites for hydroxylation is 2. The number of hydrogen-bond acceptors (Lipinski definition) is 14. The predicted molar refractivity (Wildman–Crippen MR) is 280 cm³/mol. The number of amides is 2. The molecule has 0 unspecified atom stereocenters. The molecule has 6 aromatic rings. The van der Waals surface area contributed by atoms with Gasteiger partial charge in [0.15, 0.2) is 22.3 Å². The molecule has 6 aromatic heterocycles. The van der Waals surface area contributed by atoms with Crippen LogP contribution in [0.15, 0.2) is 53.8 Å². The third-order valence-corrected chi connectivity index (χ3v) is 17.1. The van der Waals surface area contributed by atoms with Gasteiger partial charge in [-0.25, -0.2) is 36.4 Å². The number of carbonyl (C=O) groups is 2. The van der Waals surface area contributed by atoms with Gasteiger partial charge in [0.1, 0.15) is 23.0 Å². The smallest absolute Gasteiger partial charge is 0.312 e. The lowest BCUT2D eigenvalue weighted by Gasteiger charge is -2.10. The maximum Gasteiger partial charge on any atom is 0.433 e. The zero-order chi connectivity index (χ0) is 57.8. The Balaban J connectivity index is 0.000000173. The summed E-state index contributed by atoms with van der Waals surface area (Å²) in [5, 5.41) is 4.22. The SMILES string of the molecule is C#CCn1c(=O)n(C)c(=O)c2c1nc(S(=O)(=O)CC1CC1)n2C.Cn1c(=O)c2c(nc(S(=O)(=O)CC3CC3)n2C)n(CC#Cc2cc(NC(=O)C3CC3)nc(C(F)(F)F)c2)c1=O.O=C(Nc1cc(I)cc(C(F)(F)F)n1)C1CC1. The monoisotopic (exact) mass is 1260 g/mol. The lowest BCUT2D eigenvalue weighted by atomic mass is 10.2. The predicted octanol–water partition coefficient (Wildman–Crippen LogP) is 3.74. The van der Waals surface area contributed by atoms with Crippen LogP contribution in [-0.2, 0) is 82.9 Å². The van der Waals surface area contributed by atoms with Gasteiger partial charge in [0.25, 0.3) is 11.1 Å². The van der Waals surface area contributed by atoms with Gasteiger partial charge >= 0.3 is 23.7 Å². The average Bonchev–Trinajstić information content (AvgIpc) is 4.34. The first-order valence-electron chi connectivity index (χ1n) is 24.1. The Morgan fingerprint density at radius 3 is 1.42 bits per heavy atom. The van der Waals surface area contributed by atoms with Gasteiger partial charge in [0.05, 0.1) is 24.6 Å². The van der Waals surface area contributed by atoms with E-state index >= 15 is 0 Å². The number of nitrogens with zero attached hydrogens (tertiary/aromatic N) is 10. The summed E-state index contributed by atoms with van der Waals surface area (Å²) in [4.78, 5) is 88.7. The quantitative estimate of drug-likeness (QED) is 0.100. The third kappa shape index (κ3) is 13.2. The van der Waals surface area contributed by atoms with Gasteiger partial charge in [-0.2, -0.15) is 36.3 Å². The molecule has 2 amide bonds. The summed E-state index contributed by atoms with van der Waals surface area (Å²) in [5.74, 6) is 6.14. The van der Waals surface area contributed by atoms with E-state index in [0.29, 0.717) is 22.5 Å². The molecule has 0 radical (unpaired) electrons. The maximum absolute atomic E-state index is 13.4. The fourth-order valence-electron chi connectivity index (χ4n) is 7.98. The van der Waals surface area contributed by atoms with Crippen LogP contribution in [0, 0.1) is 51.4 Å². The second-order valence-electron chi connectivity index (χ2n) is 19.4. The van der Waals surface area contributed by atoms with E-state index in [1.54, 1.807) is 22.6 Å². The van der Waals surface area contributed by atoms with Gasteiger partial charge in [-0.1, -0.05) is 17.8 Å². The van der Waals surface area contributed by atoms with Crippen LogP contribution in [0.3, 0.4) is 0 Å². The molecule has 420 valence electrons. The average molecular weight is 1260 g/mol. The normalized spacial score (nSPS) is 15.5. The molecule has 79 heavy (non-hydrogen) atoms. The van der Waals surface area contributed by atoms with E-state index in [9.17, 15) is 71.9 Å². The highest BCUT2D eigenvalue weighted by Crippen LogP contribution is 2.36. The fourth-order valence-corrected chi connectivity index (χ4v) is 12.2. The van der Waals surface area contributed by atoms with Crippen LogP contribution < -0.4 is 33.1 Å². The molecule has 0 aromatic carbocycles. The van der Waals surface area contributed by atoms with Crippen LogP contribution in [0.25, 0.3) is 22.3 Å². The Hall–Kier alpha value is -7.13. The van der Waals surface area contributed by atoms with E-state index in [1.165, 1.54) is 44.9 Å². The number of carbonyl (C=O) groups excluding carboxylic acids is 2. The van der Waals surface area contributed by atoms with Gasteiger partial charge in [-0.05, 0) is 110 Å². The van der Waals surface area contributed by atoms with Crippen LogP contribution in [-0.4, -0.2) is 87.5 Å². The lowest BCUT2D eigenvalue weighted by Crippen LogP contribution is -2.38. The largest absolute Gasteiger partial charge is 0.433 e. The number of alkyl halides is 6. The highest BCUT2D eigenvalue weighted by Gasteiger charge is 2.38. The van der Waals surface area contributed by atoms with Gasteiger partial charge in [-0.3, -0.25) is 37.4 Å². The van der Waals surface area contributed by atoms with Gasteiger partial charge < -0.3 is 19.8 Å². The van der Waals surface area contributed by atoms with Gasteiger partial charge in [-0.15, -0.1) is 6.42 Å². The summed E-state index contributed by atoms with van der Waals surface area (Å²) in [6, 6.07) is 4.25. The molecule has 31 heteroatoms. The van der Waals surface area contributed by atoms with Crippen molar-refractivity contribution in [2.24, 2.45) is 51.9 Å². The molecule has 0 atom stereocenters. The minimum absolute atomic E-state index is 0.00382. The molecule has 0 spiro atoms. The van der Waals surface area contributed by atoms with Crippen molar-refractivity contribution in [3.8, 4) is 24.2 Å². The van der Waals surface area contributed by atoms with Crippen LogP contribution in [0.4, 0.5) is 38.0 Å². The molecular formula is C48H47F6IN12O10S2. The topological polar surface area (TPSA) is 276 Å². The summed E-state index contributed by atoms with van der Waals surface area (Å²) in [7, 11) is -2.11. The van der Waals surface area contributed by atoms with Crippen molar-refractivity contribution < 1.29 is 52.8 Å². The molecular weight excluding hydrogens is 1210 g/mol. The Bertz CT molecular complexity index is 4090. The molecule has 4 fully saturated rings. The molecule has 22 nitrogen and oxygen atoms in total. The van der Waals surface area contributed by atoms with Crippen molar-refractivity contribution in [2.75, 3.05) is 22.1 Å². The van der Waals surface area contributed by atoms with E-state index in [4.69, 9.17) is 6.42 Å². The first-order valence-corrected chi connectivity index (χ1v) is 28.4. The molecule has 6 heterocycles. The molecule has 10 rings (SSSR count). The number of sulfone groups is 2. The van der Waals surface area contributed by atoms with Crippen LogP contribution in [0.1, 0.15) is 68.3 Å². The number of rotatable bonds is 12. The van der Waals surface area contributed by atoms with Crippen molar-refractivity contribution >= 4 is 88.0 Å². The first kappa shape index (κ1) is 58.0. The molecule has 0 aliphatic heterocycles. The van der Waals surface area contributed by atoms with Crippen LogP contribution in [0.2, 0.25) is 0 Å². The lowest BCUT2D eigenvalue weighted by molar-refractivity contribution is -0.141. The number of terminal acetylenes is 1. The number of imidazole rings is 2. The van der Waals surface area contributed by atoms with Crippen LogP contribution in [0.5, 0.6) is 0 Å². The minimum atomic E-state index is -4.80. The number of halogens is 7. The van der Waals surface area contributed by atoms with Crippen LogP contribution >= 0.6 is 22.6 Å². The van der Waals surface area contributed by atoms with Crippen molar-refractivity contribution in [1.29, 1.82) is 0 Å². The number of anilines is 2. The Morgan fingerprint density at radius 1 is 0.620 bits per heavy atom. The summed E-state index contributed by atoms with van der Waals surface area (Å²) in [5.41, 5.74) is -5.41. The third-order valence-electron chi connectivity index (χ3n) is 12.8. The molecule has 4 aliphatic rings. The number of pyridine rings is 2. The van der Waals surface area contributed by atoms with Crippen molar-refractivity contribution in [2.45, 2.75) is 87.1 Å². The highest BCUT2D eigenvalue weighted by atomic mass is 127. The Kier molecular flexibility index (Phi) is 16.0. The second-order valence-corrected chi connectivity index (χ2v) is 24.5. The van der Waals surface area contributed by atoms with Crippen molar-refractivity contribution in [3.63, 3.8) is 0 Å². The van der Waals surface area contributed by atoms with E-state index < -0.39 is 78.4 Å². The fraction of sp³-hybridized carbons (Fsp3) is 0.458. The Morgan fingerprint density at radius 2 is 1.03 bits per heavy atom. The zero-order valence-corrected chi connectivity index (χ0v) is 46.0. The number of aromatic nitrogens is 10. The van der Waals surface area contributed by atoms with E-state index in [1.807, 2.05) is 0 Å². The zero-order valence-electron chi connectivity index (χ0n) is 42.2. The maximum atomic E-state index is 13.4. The molecule has 2 N–H and O–H groups in total. The number of hydrogen-bond donors (Lipinski definition) is 2. The highest BCUT2D eigenvalue weighted by molar-refractivity contribution is 14.1. The van der Waals surface area contributed by atoms with Crippen molar-refractivity contribution in [1.82, 2.24) is 47.3 Å². The summed E-state index contributed by atoms with van der Waals surface area (Å²) >= 11 is 1.76. The summed E-state index contributed by atoms with van der Waals surface area (Å²) in [6.45, 7) is -0.501. The van der Waals surface area contributed by atoms with Gasteiger partial charge in [0.2, 0.25) is 41.8 Å². The van der Waals surface area contributed by atoms with E-state index in [2.05, 4.69) is 48.3 Å². The second kappa shape index (κ2) is 21.8. The van der Waals surface area contributed by atoms with Gasteiger partial charge in [0, 0.05) is 49.2 Å². The minimum Gasteiger partial charge on any atom is -0.312 e. The standard InChI is InChI=1S/C24H23F3N6O5S.C14H16N4O4S.C10H8F3IN2O/c1-31-18-19(30-22(31)39(37,38)12-13-5-6-13)33(23(36)32(2)21(18)35)9-3-4-14-10-16(24(25,26)27)28-17(11-14)29-20(34)15-7-8-15;1-4-7-18-11-10(12(19)17(3)14(18)20)16(2)13(15-11)23(21,22)8-9-5-6-9;11-10(12,13)7-3-6(14)4-8(15-7)16-9(17)5-1-2-5/h10-11,13,15H,5-9,12H2,1-2H3,(H,28,29,34);1,9H,5-8H2,2-3H3;3-5H,1-2H2,(H,15,16,17). The molecule has 4 saturated carbocycles. The van der Waals surface area contributed by atoms with E-state index in [0.717, 1.165) is 67.4 Å². The summed E-state index contributed by atoms with van der Waals surface area (Å²) in [6.07, 6.45) is 2.18. The molecule has 4 aliphatic carbocycles. The molecule has 0 saturated heterocycles. The van der Waals surface area contributed by atoms with Crippen molar-refractivity contribution in [3.05, 3.63) is 86.5 Å².